The topological polar surface area (TPSA) is 55.9 Å². The molecular formula is C18H24N4O. The van der Waals surface area contributed by atoms with E-state index in [2.05, 4.69) is 59.7 Å². The number of hydrogen-bond donors (Lipinski definition) is 1. The number of fused-ring (bicyclic) bond motifs is 1. The molecule has 0 spiro atoms. The van der Waals surface area contributed by atoms with E-state index >= 15 is 0 Å². The minimum absolute atomic E-state index is 0.116. The zero-order chi connectivity index (χ0) is 16.4. The van der Waals surface area contributed by atoms with Crippen molar-refractivity contribution in [3.8, 4) is 0 Å². The molecule has 3 rings (SSSR count). The molecule has 0 aliphatic carbocycles. The first-order chi connectivity index (χ1) is 10.9. The molecule has 0 saturated carbocycles. The lowest BCUT2D eigenvalue weighted by Gasteiger charge is -2.18. The summed E-state index contributed by atoms with van der Waals surface area (Å²) >= 11 is 0. The van der Waals surface area contributed by atoms with Crippen LogP contribution in [0.15, 0.2) is 41.3 Å². The molecule has 0 bridgehead atoms. The SMILES string of the molecule is CC(Cn1ccnc1)NCc1nc2cc(C(C)(C)C)ccc2o1. The first-order valence-electron chi connectivity index (χ1n) is 8.01. The summed E-state index contributed by atoms with van der Waals surface area (Å²) < 4.78 is 7.88. The van der Waals surface area contributed by atoms with Crippen LogP contribution in [0.4, 0.5) is 0 Å². The molecule has 0 aliphatic heterocycles. The van der Waals surface area contributed by atoms with E-state index in [1.54, 1.807) is 6.20 Å². The van der Waals surface area contributed by atoms with Crippen LogP contribution in [0.3, 0.4) is 0 Å². The Hall–Kier alpha value is -2.14. The first kappa shape index (κ1) is 15.7. The van der Waals surface area contributed by atoms with Crippen LogP contribution < -0.4 is 5.32 Å². The normalized spacial score (nSPS) is 13.6. The molecule has 1 N–H and O–H groups in total. The zero-order valence-corrected chi connectivity index (χ0v) is 14.2. The zero-order valence-electron chi connectivity index (χ0n) is 14.2. The second kappa shape index (κ2) is 6.16. The van der Waals surface area contributed by atoms with Crippen LogP contribution in [-0.4, -0.2) is 20.6 Å². The molecule has 0 saturated heterocycles. The van der Waals surface area contributed by atoms with Gasteiger partial charge in [-0.05, 0) is 30.0 Å². The minimum Gasteiger partial charge on any atom is -0.439 e. The van der Waals surface area contributed by atoms with E-state index in [0.717, 1.165) is 23.5 Å². The maximum absolute atomic E-state index is 5.83. The summed E-state index contributed by atoms with van der Waals surface area (Å²) in [6, 6.07) is 6.56. The maximum Gasteiger partial charge on any atom is 0.209 e. The summed E-state index contributed by atoms with van der Waals surface area (Å²) in [5.41, 5.74) is 3.16. The van der Waals surface area contributed by atoms with Crippen molar-refractivity contribution in [2.75, 3.05) is 0 Å². The van der Waals surface area contributed by atoms with Crippen molar-refractivity contribution in [1.82, 2.24) is 19.9 Å². The molecule has 1 unspecified atom stereocenters. The Morgan fingerprint density at radius 1 is 1.30 bits per heavy atom. The molecule has 23 heavy (non-hydrogen) atoms. The summed E-state index contributed by atoms with van der Waals surface area (Å²) in [6.07, 6.45) is 5.58. The van der Waals surface area contributed by atoms with Gasteiger partial charge in [0, 0.05) is 25.0 Å². The van der Waals surface area contributed by atoms with Crippen LogP contribution in [0.1, 0.15) is 39.1 Å². The van der Waals surface area contributed by atoms with Gasteiger partial charge in [0.15, 0.2) is 5.58 Å². The van der Waals surface area contributed by atoms with E-state index in [9.17, 15) is 0 Å². The van der Waals surface area contributed by atoms with E-state index in [1.165, 1.54) is 5.56 Å². The molecule has 0 aliphatic rings. The quantitative estimate of drug-likeness (QED) is 0.783. The van der Waals surface area contributed by atoms with Gasteiger partial charge in [-0.1, -0.05) is 26.8 Å². The summed E-state index contributed by atoms with van der Waals surface area (Å²) in [5.74, 6) is 0.726. The number of hydrogen-bond acceptors (Lipinski definition) is 4. The monoisotopic (exact) mass is 312 g/mol. The lowest BCUT2D eigenvalue weighted by atomic mass is 9.87. The molecular weight excluding hydrogens is 288 g/mol. The summed E-state index contributed by atoms with van der Waals surface area (Å²) in [6.45, 7) is 10.2. The molecule has 0 fully saturated rings. The maximum atomic E-state index is 5.83. The second-order valence-electron chi connectivity index (χ2n) is 7.08. The van der Waals surface area contributed by atoms with Crippen molar-refractivity contribution < 1.29 is 4.42 Å². The summed E-state index contributed by atoms with van der Waals surface area (Å²) in [4.78, 5) is 8.66. The van der Waals surface area contributed by atoms with Gasteiger partial charge in [-0.3, -0.25) is 0 Å². The highest BCUT2D eigenvalue weighted by Crippen LogP contribution is 2.26. The number of nitrogens with one attached hydrogen (secondary N) is 1. The lowest BCUT2D eigenvalue weighted by molar-refractivity contribution is 0.429. The van der Waals surface area contributed by atoms with Gasteiger partial charge in [0.1, 0.15) is 5.52 Å². The predicted molar refractivity (Wildman–Crippen MR) is 91.2 cm³/mol. The molecule has 0 amide bonds. The smallest absolute Gasteiger partial charge is 0.209 e. The van der Waals surface area contributed by atoms with Gasteiger partial charge in [0.2, 0.25) is 5.89 Å². The van der Waals surface area contributed by atoms with Crippen LogP contribution in [0.25, 0.3) is 11.1 Å². The highest BCUT2D eigenvalue weighted by Gasteiger charge is 2.16. The fourth-order valence-corrected chi connectivity index (χ4v) is 2.55. The van der Waals surface area contributed by atoms with Crippen LogP contribution in [0.2, 0.25) is 0 Å². The van der Waals surface area contributed by atoms with E-state index in [4.69, 9.17) is 4.42 Å². The fourth-order valence-electron chi connectivity index (χ4n) is 2.55. The van der Waals surface area contributed by atoms with Gasteiger partial charge < -0.3 is 14.3 Å². The van der Waals surface area contributed by atoms with Crippen LogP contribution in [0.5, 0.6) is 0 Å². The molecule has 122 valence electrons. The first-order valence-corrected chi connectivity index (χ1v) is 8.01. The van der Waals surface area contributed by atoms with Crippen molar-refractivity contribution in [2.24, 2.45) is 0 Å². The largest absolute Gasteiger partial charge is 0.439 e. The van der Waals surface area contributed by atoms with Crippen molar-refractivity contribution in [1.29, 1.82) is 0 Å². The third-order valence-electron chi connectivity index (χ3n) is 3.94. The molecule has 2 aromatic heterocycles. The molecule has 0 radical (unpaired) electrons. The third kappa shape index (κ3) is 3.79. The van der Waals surface area contributed by atoms with E-state index < -0.39 is 0 Å². The van der Waals surface area contributed by atoms with E-state index in [-0.39, 0.29) is 5.41 Å². The highest BCUT2D eigenvalue weighted by molar-refractivity contribution is 5.73. The Morgan fingerprint density at radius 3 is 2.83 bits per heavy atom. The number of benzene rings is 1. The summed E-state index contributed by atoms with van der Waals surface area (Å²) in [7, 11) is 0. The van der Waals surface area contributed by atoms with Gasteiger partial charge in [-0.2, -0.15) is 0 Å². The average Bonchev–Trinajstić information content (AvgIpc) is 3.11. The lowest BCUT2D eigenvalue weighted by Crippen LogP contribution is -2.29. The van der Waals surface area contributed by atoms with E-state index in [0.29, 0.717) is 12.6 Å². The van der Waals surface area contributed by atoms with E-state index in [1.807, 2.05) is 18.6 Å². The van der Waals surface area contributed by atoms with Crippen LogP contribution in [-0.2, 0) is 18.5 Å². The Labute approximate surface area is 136 Å². The van der Waals surface area contributed by atoms with Crippen LogP contribution >= 0.6 is 0 Å². The Kier molecular flexibility index (Phi) is 4.22. The predicted octanol–water partition coefficient (Wildman–Crippen LogP) is 3.50. The van der Waals surface area contributed by atoms with Gasteiger partial charge in [0.25, 0.3) is 0 Å². The van der Waals surface area contributed by atoms with Crippen molar-refractivity contribution >= 4 is 11.1 Å². The molecule has 5 heteroatoms. The van der Waals surface area contributed by atoms with Gasteiger partial charge in [-0.25, -0.2) is 9.97 Å². The number of aromatic nitrogens is 3. The Balaban J connectivity index is 1.66. The molecule has 2 heterocycles. The summed E-state index contributed by atoms with van der Waals surface area (Å²) in [5, 5.41) is 3.44. The number of imidazole rings is 1. The van der Waals surface area contributed by atoms with Gasteiger partial charge in [0.05, 0.1) is 12.9 Å². The fraction of sp³-hybridized carbons (Fsp3) is 0.444. The average molecular weight is 312 g/mol. The second-order valence-corrected chi connectivity index (χ2v) is 7.08. The van der Waals surface area contributed by atoms with Crippen molar-refractivity contribution in [2.45, 2.75) is 52.2 Å². The number of nitrogens with zero attached hydrogens (tertiary/aromatic N) is 3. The Morgan fingerprint density at radius 2 is 2.13 bits per heavy atom. The standard InChI is InChI=1S/C18H24N4O/c1-13(11-22-8-7-19-12-22)20-10-17-21-15-9-14(18(2,3)4)5-6-16(15)23-17/h5-9,12-13,20H,10-11H2,1-4H3. The Bertz CT molecular complexity index is 768. The van der Waals surface area contributed by atoms with Gasteiger partial charge in [-0.15, -0.1) is 0 Å². The number of rotatable bonds is 5. The van der Waals surface area contributed by atoms with Gasteiger partial charge >= 0.3 is 0 Å². The molecule has 3 aromatic rings. The third-order valence-corrected chi connectivity index (χ3v) is 3.94. The molecule has 1 atom stereocenters. The minimum atomic E-state index is 0.116. The molecule has 5 nitrogen and oxygen atoms in total. The molecule has 1 aromatic carbocycles. The highest BCUT2D eigenvalue weighted by atomic mass is 16.3. The van der Waals surface area contributed by atoms with Crippen molar-refractivity contribution in [3.63, 3.8) is 0 Å². The van der Waals surface area contributed by atoms with Crippen molar-refractivity contribution in [3.05, 3.63) is 48.4 Å². The van der Waals surface area contributed by atoms with Crippen LogP contribution in [0, 0.1) is 0 Å². The number of oxazole rings is 1.